The summed E-state index contributed by atoms with van der Waals surface area (Å²) in [6.07, 6.45) is 2.23. The number of nitrogens with zero attached hydrogens (tertiary/aromatic N) is 1. The van der Waals surface area contributed by atoms with Crippen LogP contribution in [0.2, 0.25) is 0 Å². The first kappa shape index (κ1) is 20.0. The van der Waals surface area contributed by atoms with Crippen molar-refractivity contribution in [1.29, 1.82) is 0 Å². The van der Waals surface area contributed by atoms with Crippen LogP contribution in [0.25, 0.3) is 6.08 Å². The Morgan fingerprint density at radius 1 is 1.31 bits per heavy atom. The number of rotatable bonds is 8. The van der Waals surface area contributed by atoms with Crippen LogP contribution in [0.3, 0.4) is 0 Å². The minimum absolute atomic E-state index is 0.181. The number of hydrogen-bond donors (Lipinski definition) is 2. The molecule has 1 aliphatic rings. The SMILES string of the molecule is CCCN1C(=O)N/C(=C/c2cc(I)c(OCC(=O)O)c(OCC)c2)C1=O. The molecular weight excluding hydrogens is 455 g/mol. The summed E-state index contributed by atoms with van der Waals surface area (Å²) in [5.74, 6) is -0.776. The van der Waals surface area contributed by atoms with E-state index in [1.54, 1.807) is 25.1 Å². The molecule has 1 fully saturated rings. The first-order valence-electron chi connectivity index (χ1n) is 8.02. The Morgan fingerprint density at radius 3 is 2.65 bits per heavy atom. The number of ether oxygens (including phenoxy) is 2. The maximum atomic E-state index is 12.3. The van der Waals surface area contributed by atoms with Gasteiger partial charge in [-0.15, -0.1) is 0 Å². The highest BCUT2D eigenvalue weighted by atomic mass is 127. The van der Waals surface area contributed by atoms with E-state index in [-0.39, 0.29) is 11.6 Å². The molecule has 140 valence electrons. The van der Waals surface area contributed by atoms with Gasteiger partial charge < -0.3 is 19.9 Å². The molecule has 0 aromatic heterocycles. The zero-order valence-electron chi connectivity index (χ0n) is 14.4. The number of benzene rings is 1. The average Bonchev–Trinajstić information content (AvgIpc) is 2.82. The van der Waals surface area contributed by atoms with Gasteiger partial charge in [0, 0.05) is 6.54 Å². The van der Waals surface area contributed by atoms with Crippen molar-refractivity contribution in [3.05, 3.63) is 27.0 Å². The largest absolute Gasteiger partial charge is 0.490 e. The molecule has 0 radical (unpaired) electrons. The second kappa shape index (κ2) is 8.88. The van der Waals surface area contributed by atoms with Gasteiger partial charge in [-0.2, -0.15) is 0 Å². The molecule has 0 unspecified atom stereocenters. The van der Waals surface area contributed by atoms with Gasteiger partial charge in [-0.05, 0) is 59.7 Å². The van der Waals surface area contributed by atoms with Crippen molar-refractivity contribution in [3.63, 3.8) is 0 Å². The molecule has 1 aromatic carbocycles. The van der Waals surface area contributed by atoms with Gasteiger partial charge in [0.2, 0.25) is 0 Å². The van der Waals surface area contributed by atoms with E-state index >= 15 is 0 Å². The van der Waals surface area contributed by atoms with Gasteiger partial charge in [0.15, 0.2) is 18.1 Å². The Kier molecular flexibility index (Phi) is 6.83. The van der Waals surface area contributed by atoms with Crippen molar-refractivity contribution in [1.82, 2.24) is 10.2 Å². The predicted octanol–water partition coefficient (Wildman–Crippen LogP) is 2.46. The molecule has 2 rings (SSSR count). The lowest BCUT2D eigenvalue weighted by Crippen LogP contribution is -2.31. The zero-order chi connectivity index (χ0) is 19.3. The minimum atomic E-state index is -1.09. The van der Waals surface area contributed by atoms with Crippen LogP contribution in [0.1, 0.15) is 25.8 Å². The van der Waals surface area contributed by atoms with Gasteiger partial charge in [0.1, 0.15) is 5.70 Å². The summed E-state index contributed by atoms with van der Waals surface area (Å²) in [6, 6.07) is 2.91. The molecule has 1 heterocycles. The molecular formula is C17H19IN2O6. The maximum absolute atomic E-state index is 12.3. The molecule has 0 spiro atoms. The Bertz CT molecular complexity index is 762. The topological polar surface area (TPSA) is 105 Å². The summed E-state index contributed by atoms with van der Waals surface area (Å²) >= 11 is 2.00. The number of amides is 3. The highest BCUT2D eigenvalue weighted by Crippen LogP contribution is 2.35. The highest BCUT2D eigenvalue weighted by molar-refractivity contribution is 14.1. The van der Waals surface area contributed by atoms with Gasteiger partial charge in [-0.3, -0.25) is 9.69 Å². The third-order valence-electron chi connectivity index (χ3n) is 3.39. The lowest BCUT2D eigenvalue weighted by atomic mass is 10.1. The van der Waals surface area contributed by atoms with Crippen LogP contribution >= 0.6 is 22.6 Å². The van der Waals surface area contributed by atoms with Crippen molar-refractivity contribution in [3.8, 4) is 11.5 Å². The molecule has 1 saturated heterocycles. The fourth-order valence-corrected chi connectivity index (χ4v) is 3.15. The molecule has 0 aliphatic carbocycles. The number of carbonyl (C=O) groups excluding carboxylic acids is 2. The first-order valence-corrected chi connectivity index (χ1v) is 9.10. The van der Waals surface area contributed by atoms with Gasteiger partial charge in [0.05, 0.1) is 10.2 Å². The standard InChI is InChI=1S/C17H19IN2O6/c1-3-5-20-16(23)12(19-17(20)24)7-10-6-11(18)15(26-9-14(21)22)13(8-10)25-4-2/h6-8H,3-5,9H2,1-2H3,(H,19,24)(H,21,22)/b12-7+. The van der Waals surface area contributed by atoms with E-state index in [0.717, 1.165) is 4.90 Å². The number of imide groups is 1. The number of carboxylic acid groups (broad SMARTS) is 1. The quantitative estimate of drug-likeness (QED) is 0.341. The van der Waals surface area contributed by atoms with Crippen molar-refractivity contribution in [2.45, 2.75) is 20.3 Å². The van der Waals surface area contributed by atoms with E-state index < -0.39 is 18.6 Å². The molecule has 9 heteroatoms. The van der Waals surface area contributed by atoms with Gasteiger partial charge >= 0.3 is 12.0 Å². The molecule has 8 nitrogen and oxygen atoms in total. The van der Waals surface area contributed by atoms with Gasteiger partial charge in [0.25, 0.3) is 5.91 Å². The number of aliphatic carboxylic acids is 1. The van der Waals surface area contributed by atoms with Crippen molar-refractivity contribution >= 4 is 46.6 Å². The Balaban J connectivity index is 2.34. The number of carbonyl (C=O) groups is 3. The van der Waals surface area contributed by atoms with Crippen LogP contribution in [0.5, 0.6) is 11.5 Å². The van der Waals surface area contributed by atoms with E-state index in [1.165, 1.54) is 0 Å². The molecule has 26 heavy (non-hydrogen) atoms. The number of halogens is 1. The monoisotopic (exact) mass is 474 g/mol. The van der Waals surface area contributed by atoms with Gasteiger partial charge in [-0.25, -0.2) is 9.59 Å². The maximum Gasteiger partial charge on any atom is 0.341 e. The number of carboxylic acids is 1. The molecule has 0 saturated carbocycles. The van der Waals surface area contributed by atoms with Crippen LogP contribution in [0.15, 0.2) is 17.8 Å². The van der Waals surface area contributed by atoms with Crippen molar-refractivity contribution < 1.29 is 29.0 Å². The zero-order valence-corrected chi connectivity index (χ0v) is 16.5. The average molecular weight is 474 g/mol. The smallest absolute Gasteiger partial charge is 0.341 e. The second-order valence-corrected chi connectivity index (χ2v) is 6.55. The van der Waals surface area contributed by atoms with Crippen LogP contribution in [0.4, 0.5) is 4.79 Å². The molecule has 1 aliphatic heterocycles. The summed E-state index contributed by atoms with van der Waals surface area (Å²) in [5.41, 5.74) is 0.809. The molecule has 0 atom stereocenters. The number of nitrogens with one attached hydrogen (secondary N) is 1. The van der Waals surface area contributed by atoms with Gasteiger partial charge in [-0.1, -0.05) is 6.92 Å². The summed E-state index contributed by atoms with van der Waals surface area (Å²) in [5, 5.41) is 11.4. The van der Waals surface area contributed by atoms with E-state index in [2.05, 4.69) is 5.32 Å². The Labute approximate surface area is 164 Å². The van der Waals surface area contributed by atoms with Crippen LogP contribution < -0.4 is 14.8 Å². The van der Waals surface area contributed by atoms with Crippen LogP contribution in [-0.2, 0) is 9.59 Å². The van der Waals surface area contributed by atoms with E-state index in [9.17, 15) is 14.4 Å². The lowest BCUT2D eigenvalue weighted by molar-refractivity contribution is -0.139. The molecule has 2 N–H and O–H groups in total. The summed E-state index contributed by atoms with van der Waals surface area (Å²) in [6.45, 7) is 3.90. The molecule has 3 amide bonds. The summed E-state index contributed by atoms with van der Waals surface area (Å²) < 4.78 is 11.5. The fraction of sp³-hybridized carbons (Fsp3) is 0.353. The van der Waals surface area contributed by atoms with Crippen molar-refractivity contribution in [2.24, 2.45) is 0 Å². The number of hydrogen-bond acceptors (Lipinski definition) is 5. The highest BCUT2D eigenvalue weighted by Gasteiger charge is 2.32. The van der Waals surface area contributed by atoms with E-state index in [0.29, 0.717) is 40.2 Å². The number of urea groups is 1. The van der Waals surface area contributed by atoms with Crippen LogP contribution in [0, 0.1) is 3.57 Å². The summed E-state index contributed by atoms with van der Waals surface area (Å²) in [7, 11) is 0. The molecule has 0 bridgehead atoms. The third kappa shape index (κ3) is 4.65. The predicted molar refractivity (Wildman–Crippen MR) is 102 cm³/mol. The Hall–Kier alpha value is -2.30. The van der Waals surface area contributed by atoms with Crippen molar-refractivity contribution in [2.75, 3.05) is 19.8 Å². The lowest BCUT2D eigenvalue weighted by Gasteiger charge is -2.13. The first-order chi connectivity index (χ1) is 12.4. The Morgan fingerprint density at radius 2 is 2.04 bits per heavy atom. The fourth-order valence-electron chi connectivity index (χ4n) is 2.37. The molecule has 1 aromatic rings. The second-order valence-electron chi connectivity index (χ2n) is 5.39. The summed E-state index contributed by atoms with van der Waals surface area (Å²) in [4.78, 5) is 36.1. The van der Waals surface area contributed by atoms with E-state index in [1.807, 2.05) is 29.5 Å². The third-order valence-corrected chi connectivity index (χ3v) is 4.19. The van der Waals surface area contributed by atoms with Crippen LogP contribution in [-0.4, -0.2) is 47.7 Å². The normalized spacial score (nSPS) is 15.3. The minimum Gasteiger partial charge on any atom is -0.490 e. The van der Waals surface area contributed by atoms with E-state index in [4.69, 9.17) is 14.6 Å².